The molecule has 0 aliphatic carbocycles. The largest absolute Gasteiger partial charge is 0.382 e. The fourth-order valence-electron chi connectivity index (χ4n) is 4.39. The fraction of sp³-hybridized carbons (Fsp3) is 0.821. The number of fused-ring (bicyclic) bond motifs is 1. The van der Waals surface area contributed by atoms with Crippen LogP contribution in [0.5, 0.6) is 0 Å². The van der Waals surface area contributed by atoms with Crippen molar-refractivity contribution in [3.8, 4) is 0 Å². The lowest BCUT2D eigenvalue weighted by atomic mass is 10.0. The van der Waals surface area contributed by atoms with Gasteiger partial charge in [0.25, 0.3) is 0 Å². The Morgan fingerprint density at radius 2 is 1.40 bits per heavy atom. The van der Waals surface area contributed by atoms with E-state index in [4.69, 9.17) is 15.0 Å². The van der Waals surface area contributed by atoms with Gasteiger partial charge in [-0.1, -0.05) is 112 Å². The molecule has 2 aromatic rings. The molecule has 0 bridgehead atoms. The Morgan fingerprint density at radius 3 is 2.02 bits per heavy atom. The molecule has 0 aromatic carbocycles. The quantitative estimate of drug-likeness (QED) is 0.0575. The van der Waals surface area contributed by atoms with Crippen LogP contribution in [0.1, 0.15) is 110 Å². The van der Waals surface area contributed by atoms with Crippen LogP contribution in [0.2, 0.25) is 0 Å². The minimum absolute atomic E-state index is 0.233. The second-order valence-corrected chi connectivity index (χ2v) is 14.8. The van der Waals surface area contributed by atoms with Crippen LogP contribution in [0.25, 0.3) is 11.2 Å². The van der Waals surface area contributed by atoms with Crippen LogP contribution >= 0.6 is 29.2 Å². The summed E-state index contributed by atoms with van der Waals surface area (Å²) in [6.45, 7) is 3.21. The SMILES string of the molecule is CCCCCCCCCCCCCCCCSSCCCCOP(=O)(O)COCCn1cnc2c(N)ncnc21. The molecule has 40 heavy (non-hydrogen) atoms. The molecule has 0 radical (unpaired) electrons. The molecule has 0 saturated carbocycles. The highest BCUT2D eigenvalue weighted by Crippen LogP contribution is 2.41. The van der Waals surface area contributed by atoms with Gasteiger partial charge in [-0.25, -0.2) is 15.0 Å². The molecule has 0 aliphatic rings. The molecular formula is C28H52N5O4PS2. The van der Waals surface area contributed by atoms with Gasteiger partial charge in [-0.15, -0.1) is 0 Å². The molecule has 12 heteroatoms. The normalized spacial score (nSPS) is 13.2. The Bertz CT molecular complexity index is 953. The Hall–Kier alpha value is -0.840. The molecule has 0 aliphatic heterocycles. The first-order valence-electron chi connectivity index (χ1n) is 15.2. The molecule has 9 nitrogen and oxygen atoms in total. The summed E-state index contributed by atoms with van der Waals surface area (Å²) >= 11 is 0. The van der Waals surface area contributed by atoms with Gasteiger partial charge in [0.1, 0.15) is 18.2 Å². The summed E-state index contributed by atoms with van der Waals surface area (Å²) in [5, 5.41) is 0. The summed E-state index contributed by atoms with van der Waals surface area (Å²) in [6.07, 6.45) is 23.9. The molecule has 0 spiro atoms. The number of rotatable bonds is 27. The first kappa shape index (κ1) is 35.4. The minimum Gasteiger partial charge on any atom is -0.382 e. The monoisotopic (exact) mass is 617 g/mol. The summed E-state index contributed by atoms with van der Waals surface area (Å²) in [5.74, 6) is 2.56. The maximum atomic E-state index is 12.2. The number of hydrogen-bond donors (Lipinski definition) is 2. The Balaban J connectivity index is 1.31. The van der Waals surface area contributed by atoms with Crippen molar-refractivity contribution in [2.24, 2.45) is 0 Å². The van der Waals surface area contributed by atoms with Crippen LogP contribution < -0.4 is 5.73 Å². The first-order valence-corrected chi connectivity index (χ1v) is 19.5. The van der Waals surface area contributed by atoms with E-state index in [9.17, 15) is 9.46 Å². The number of hydrogen-bond acceptors (Lipinski definition) is 9. The molecule has 2 aromatic heterocycles. The zero-order valence-corrected chi connectivity index (χ0v) is 27.0. The number of aromatic nitrogens is 4. The minimum atomic E-state index is -3.75. The van der Waals surface area contributed by atoms with Gasteiger partial charge >= 0.3 is 7.60 Å². The lowest BCUT2D eigenvalue weighted by Crippen LogP contribution is -2.08. The molecular weight excluding hydrogens is 565 g/mol. The summed E-state index contributed by atoms with van der Waals surface area (Å²) < 4.78 is 24.5. The zero-order valence-electron chi connectivity index (χ0n) is 24.5. The maximum absolute atomic E-state index is 12.2. The number of unbranched alkanes of at least 4 members (excludes halogenated alkanes) is 14. The lowest BCUT2D eigenvalue weighted by Gasteiger charge is -2.12. The van der Waals surface area contributed by atoms with E-state index >= 15 is 0 Å². The van der Waals surface area contributed by atoms with Gasteiger partial charge < -0.3 is 24.5 Å². The van der Waals surface area contributed by atoms with Crippen LogP contribution in [0.15, 0.2) is 12.7 Å². The zero-order chi connectivity index (χ0) is 28.7. The number of imidazole rings is 1. The highest BCUT2D eigenvalue weighted by Gasteiger charge is 2.19. The molecule has 2 heterocycles. The third-order valence-electron chi connectivity index (χ3n) is 6.74. The average Bonchev–Trinajstić information content (AvgIpc) is 3.36. The van der Waals surface area contributed by atoms with Gasteiger partial charge in [-0.05, 0) is 19.3 Å². The lowest BCUT2D eigenvalue weighted by molar-refractivity contribution is 0.137. The number of nitrogens with two attached hydrogens (primary N) is 1. The molecule has 1 unspecified atom stereocenters. The third kappa shape index (κ3) is 16.6. The number of anilines is 1. The number of nitrogen functional groups attached to an aromatic ring is 1. The molecule has 0 saturated heterocycles. The number of nitrogens with zero attached hydrogens (tertiary/aromatic N) is 4. The van der Waals surface area contributed by atoms with Crippen LogP contribution in [0, 0.1) is 0 Å². The van der Waals surface area contributed by atoms with Crippen molar-refractivity contribution in [2.75, 3.05) is 36.8 Å². The van der Waals surface area contributed by atoms with E-state index in [2.05, 4.69) is 21.9 Å². The predicted molar refractivity (Wildman–Crippen MR) is 171 cm³/mol. The highest BCUT2D eigenvalue weighted by atomic mass is 33.1. The van der Waals surface area contributed by atoms with Crippen LogP contribution in [-0.2, 0) is 20.4 Å². The Labute approximate surface area is 249 Å². The van der Waals surface area contributed by atoms with Gasteiger partial charge in [0.05, 0.1) is 19.5 Å². The Kier molecular flexibility index (Phi) is 20.1. The van der Waals surface area contributed by atoms with E-state index in [1.807, 2.05) is 21.6 Å². The van der Waals surface area contributed by atoms with E-state index in [0.29, 0.717) is 23.5 Å². The summed E-state index contributed by atoms with van der Waals surface area (Å²) in [6, 6.07) is 0. The smallest absolute Gasteiger partial charge is 0.353 e. The predicted octanol–water partition coefficient (Wildman–Crippen LogP) is 8.23. The molecule has 1 atom stereocenters. The van der Waals surface area contributed by atoms with Gasteiger partial charge in [0.2, 0.25) is 0 Å². The number of ether oxygens (including phenoxy) is 1. The summed E-state index contributed by atoms with van der Waals surface area (Å²) in [5.41, 5.74) is 6.92. The van der Waals surface area contributed by atoms with Gasteiger partial charge in [-0.3, -0.25) is 4.57 Å². The van der Waals surface area contributed by atoms with E-state index in [1.165, 1.54) is 102 Å². The van der Waals surface area contributed by atoms with Crippen molar-refractivity contribution in [1.29, 1.82) is 0 Å². The van der Waals surface area contributed by atoms with Gasteiger partial charge in [0.15, 0.2) is 11.5 Å². The second-order valence-electron chi connectivity index (χ2n) is 10.3. The first-order chi connectivity index (χ1) is 19.5. The maximum Gasteiger partial charge on any atom is 0.353 e. The Morgan fingerprint density at radius 1 is 0.825 bits per heavy atom. The van der Waals surface area contributed by atoms with Crippen LogP contribution in [-0.4, -0.2) is 55.5 Å². The van der Waals surface area contributed by atoms with Crippen LogP contribution in [0.4, 0.5) is 5.82 Å². The average molecular weight is 618 g/mol. The van der Waals surface area contributed by atoms with E-state index in [1.54, 1.807) is 10.9 Å². The van der Waals surface area contributed by atoms with E-state index in [-0.39, 0.29) is 19.6 Å². The van der Waals surface area contributed by atoms with Crippen molar-refractivity contribution >= 4 is 46.2 Å². The molecule has 2 rings (SSSR count). The molecule has 230 valence electrons. The van der Waals surface area contributed by atoms with Crippen molar-refractivity contribution in [3.63, 3.8) is 0 Å². The van der Waals surface area contributed by atoms with Crippen LogP contribution in [0.3, 0.4) is 0 Å². The topological polar surface area (TPSA) is 125 Å². The standard InChI is InChI=1S/C28H52N5O4PS2/c1-2-3-4-5-6-7-8-9-10-11-12-13-14-16-21-39-40-22-17-15-19-37-38(34,35)25-36-20-18-33-24-32-26-27(29)30-23-31-28(26)33/h23-24H,2-22,25H2,1H3,(H,34,35)(H2,29,30,31). The highest BCUT2D eigenvalue weighted by molar-refractivity contribution is 8.76. The van der Waals surface area contributed by atoms with Gasteiger partial charge in [0, 0.05) is 18.1 Å². The van der Waals surface area contributed by atoms with Crippen molar-refractivity contribution in [2.45, 2.75) is 116 Å². The van der Waals surface area contributed by atoms with E-state index in [0.717, 1.165) is 18.6 Å². The van der Waals surface area contributed by atoms with Crippen molar-refractivity contribution in [3.05, 3.63) is 12.7 Å². The van der Waals surface area contributed by atoms with Gasteiger partial charge in [-0.2, -0.15) is 0 Å². The summed E-state index contributed by atoms with van der Waals surface area (Å²) in [4.78, 5) is 22.2. The third-order valence-corrected chi connectivity index (χ3v) is 10.4. The summed E-state index contributed by atoms with van der Waals surface area (Å²) in [7, 11) is 0.0848. The fourth-order valence-corrected chi connectivity index (χ4v) is 7.53. The van der Waals surface area contributed by atoms with Crippen molar-refractivity contribution < 1.29 is 18.7 Å². The molecule has 0 fully saturated rings. The van der Waals surface area contributed by atoms with E-state index < -0.39 is 7.60 Å². The second kappa shape index (κ2) is 22.7. The van der Waals surface area contributed by atoms with Crippen molar-refractivity contribution in [1.82, 2.24) is 19.5 Å². The molecule has 0 amide bonds. The molecule has 3 N–H and O–H groups in total.